The van der Waals surface area contributed by atoms with Gasteiger partial charge in [-0.1, -0.05) is 58.4 Å². The van der Waals surface area contributed by atoms with Crippen LogP contribution in [0.3, 0.4) is 0 Å². The van der Waals surface area contributed by atoms with E-state index >= 15 is 0 Å². The van der Waals surface area contributed by atoms with E-state index in [1.165, 1.54) is 17.2 Å². The molecule has 3 heteroatoms. The average Bonchev–Trinajstić information content (AvgIpc) is 2.64. The quantitative estimate of drug-likeness (QED) is 0.663. The van der Waals surface area contributed by atoms with E-state index in [4.69, 9.17) is 4.42 Å². The molecule has 0 saturated carbocycles. The van der Waals surface area contributed by atoms with Gasteiger partial charge in [0.15, 0.2) is 0 Å². The van der Waals surface area contributed by atoms with Crippen LogP contribution in [0.5, 0.6) is 5.75 Å². The lowest BCUT2D eigenvalue weighted by Crippen LogP contribution is -2.02. The second-order valence-electron chi connectivity index (χ2n) is 5.72. The maximum Gasteiger partial charge on any atom is 0.344 e. The molecule has 0 fully saturated rings. The molecule has 3 nitrogen and oxygen atoms in total. The molecule has 0 saturated heterocycles. The third-order valence-electron chi connectivity index (χ3n) is 4.16. The second-order valence-corrected chi connectivity index (χ2v) is 5.72. The lowest BCUT2D eigenvalue weighted by Gasteiger charge is -2.13. The van der Waals surface area contributed by atoms with Gasteiger partial charge in [0, 0.05) is 5.56 Å². The zero-order valence-electron chi connectivity index (χ0n) is 15.4. The van der Waals surface area contributed by atoms with Crippen molar-refractivity contribution in [3.8, 4) is 17.1 Å². The minimum atomic E-state index is -0.420. The summed E-state index contributed by atoms with van der Waals surface area (Å²) < 4.78 is 5.54. The van der Waals surface area contributed by atoms with E-state index in [1.807, 2.05) is 32.0 Å². The van der Waals surface area contributed by atoms with Crippen LogP contribution in [-0.4, -0.2) is 5.11 Å². The molecule has 1 heterocycles. The summed E-state index contributed by atoms with van der Waals surface area (Å²) in [4.78, 5) is 12.3. The number of fused-ring (bicyclic) bond motifs is 1. The third kappa shape index (κ3) is 3.93. The first-order chi connectivity index (χ1) is 12.1. The van der Waals surface area contributed by atoms with Crippen LogP contribution in [-0.2, 0) is 12.8 Å². The van der Waals surface area contributed by atoms with Crippen LogP contribution >= 0.6 is 0 Å². The molecule has 1 N–H and O–H groups in total. The van der Waals surface area contributed by atoms with Crippen molar-refractivity contribution in [1.82, 2.24) is 0 Å². The first kappa shape index (κ1) is 18.8. The first-order valence-electron chi connectivity index (χ1n) is 9.02. The SMILES string of the molecule is CC.CCCc1cccc(-c2cc3ccc(O)cc3c(=O)o2)c1CC. The zero-order valence-corrected chi connectivity index (χ0v) is 15.4. The van der Waals surface area contributed by atoms with Crippen molar-refractivity contribution in [2.45, 2.75) is 47.0 Å². The third-order valence-corrected chi connectivity index (χ3v) is 4.16. The summed E-state index contributed by atoms with van der Waals surface area (Å²) in [6.45, 7) is 8.28. The summed E-state index contributed by atoms with van der Waals surface area (Å²) in [6.07, 6.45) is 2.99. The molecule has 3 aromatic rings. The molecule has 2 aromatic carbocycles. The van der Waals surface area contributed by atoms with Crippen molar-refractivity contribution in [3.63, 3.8) is 0 Å². The lowest BCUT2D eigenvalue weighted by molar-refractivity contribution is 0.475. The molecular formula is C22H26O3. The van der Waals surface area contributed by atoms with Crippen LogP contribution in [0.1, 0.15) is 45.2 Å². The number of hydrogen-bond acceptors (Lipinski definition) is 3. The Kier molecular flexibility index (Phi) is 6.40. The maximum atomic E-state index is 12.3. The smallest absolute Gasteiger partial charge is 0.344 e. The van der Waals surface area contributed by atoms with Crippen LogP contribution in [0.4, 0.5) is 0 Å². The van der Waals surface area contributed by atoms with Gasteiger partial charge in [0.1, 0.15) is 11.5 Å². The van der Waals surface area contributed by atoms with Crippen LogP contribution in [0.15, 0.2) is 51.7 Å². The standard InChI is InChI=1S/C20H20O3.C2H6/c1-3-6-13-7-5-8-17(16(13)4-2)19-11-14-9-10-15(21)12-18(14)20(22)23-19;1-2/h5,7-12,21H,3-4,6H2,1-2H3;1-2H3. The Labute approximate surface area is 148 Å². The van der Waals surface area contributed by atoms with E-state index in [-0.39, 0.29) is 5.75 Å². The largest absolute Gasteiger partial charge is 0.508 e. The van der Waals surface area contributed by atoms with Crippen molar-refractivity contribution in [1.29, 1.82) is 0 Å². The highest BCUT2D eigenvalue weighted by Gasteiger charge is 2.13. The second kappa shape index (κ2) is 8.52. The average molecular weight is 338 g/mol. The van der Waals surface area contributed by atoms with Crippen LogP contribution in [0.25, 0.3) is 22.1 Å². The molecule has 0 aliphatic heterocycles. The molecule has 3 rings (SSSR count). The summed E-state index contributed by atoms with van der Waals surface area (Å²) >= 11 is 0. The maximum absolute atomic E-state index is 12.3. The summed E-state index contributed by atoms with van der Waals surface area (Å²) in [5.74, 6) is 0.653. The fourth-order valence-electron chi connectivity index (χ4n) is 3.09. The van der Waals surface area contributed by atoms with Gasteiger partial charge in [-0.05, 0) is 47.6 Å². The number of phenols is 1. The van der Waals surface area contributed by atoms with E-state index in [2.05, 4.69) is 19.9 Å². The highest BCUT2D eigenvalue weighted by Crippen LogP contribution is 2.29. The Morgan fingerprint density at radius 2 is 1.80 bits per heavy atom. The predicted molar refractivity (Wildman–Crippen MR) is 104 cm³/mol. The number of aromatic hydroxyl groups is 1. The van der Waals surface area contributed by atoms with Crippen molar-refractivity contribution < 1.29 is 9.52 Å². The topological polar surface area (TPSA) is 50.4 Å². The van der Waals surface area contributed by atoms with Gasteiger partial charge < -0.3 is 9.52 Å². The normalized spacial score (nSPS) is 10.4. The number of aryl methyl sites for hydroxylation is 1. The van der Waals surface area contributed by atoms with Gasteiger partial charge in [-0.25, -0.2) is 4.79 Å². The molecule has 0 atom stereocenters. The van der Waals surface area contributed by atoms with Crippen molar-refractivity contribution in [3.05, 3.63) is 64.0 Å². The summed E-state index contributed by atoms with van der Waals surface area (Å²) in [7, 11) is 0. The van der Waals surface area contributed by atoms with E-state index < -0.39 is 5.63 Å². The van der Waals surface area contributed by atoms with Gasteiger partial charge in [0.25, 0.3) is 0 Å². The van der Waals surface area contributed by atoms with Crippen molar-refractivity contribution >= 4 is 10.8 Å². The van der Waals surface area contributed by atoms with E-state index in [1.54, 1.807) is 12.1 Å². The summed E-state index contributed by atoms with van der Waals surface area (Å²) in [5, 5.41) is 10.7. The first-order valence-corrected chi connectivity index (χ1v) is 9.02. The minimum Gasteiger partial charge on any atom is -0.508 e. The van der Waals surface area contributed by atoms with Gasteiger partial charge in [-0.2, -0.15) is 0 Å². The van der Waals surface area contributed by atoms with E-state index in [0.717, 1.165) is 30.2 Å². The highest BCUT2D eigenvalue weighted by molar-refractivity contribution is 5.85. The van der Waals surface area contributed by atoms with Gasteiger partial charge in [0.2, 0.25) is 0 Å². The van der Waals surface area contributed by atoms with Gasteiger partial charge in [0.05, 0.1) is 5.39 Å². The van der Waals surface area contributed by atoms with E-state index in [0.29, 0.717) is 11.1 Å². The number of benzene rings is 2. The van der Waals surface area contributed by atoms with Gasteiger partial charge >= 0.3 is 5.63 Å². The Morgan fingerprint density at radius 1 is 1.04 bits per heavy atom. The zero-order chi connectivity index (χ0) is 18.4. The Balaban J connectivity index is 0.00000109. The molecule has 1 aromatic heterocycles. The monoisotopic (exact) mass is 338 g/mol. The highest BCUT2D eigenvalue weighted by atomic mass is 16.4. The van der Waals surface area contributed by atoms with Crippen molar-refractivity contribution in [2.75, 3.05) is 0 Å². The Morgan fingerprint density at radius 3 is 2.48 bits per heavy atom. The number of hydrogen-bond donors (Lipinski definition) is 1. The molecule has 0 spiro atoms. The predicted octanol–water partition coefficient (Wildman–Crippen LogP) is 5.71. The van der Waals surface area contributed by atoms with E-state index in [9.17, 15) is 9.90 Å². The lowest BCUT2D eigenvalue weighted by atomic mass is 9.94. The molecule has 132 valence electrons. The fourth-order valence-corrected chi connectivity index (χ4v) is 3.09. The van der Waals surface area contributed by atoms with Crippen LogP contribution in [0.2, 0.25) is 0 Å². The molecule has 0 amide bonds. The molecule has 0 bridgehead atoms. The van der Waals surface area contributed by atoms with Gasteiger partial charge in [-0.15, -0.1) is 0 Å². The minimum absolute atomic E-state index is 0.0664. The molecule has 0 radical (unpaired) electrons. The number of phenolic OH excluding ortho intramolecular Hbond substituents is 1. The summed E-state index contributed by atoms with van der Waals surface area (Å²) in [5.41, 5.74) is 3.10. The van der Waals surface area contributed by atoms with Crippen LogP contribution in [0, 0.1) is 0 Å². The molecular weight excluding hydrogens is 312 g/mol. The Hall–Kier alpha value is -2.55. The molecule has 25 heavy (non-hydrogen) atoms. The Bertz CT molecular complexity index is 907. The molecule has 0 unspecified atom stereocenters. The molecule has 0 aliphatic carbocycles. The fraction of sp³-hybridized carbons (Fsp3) is 0.318. The molecule has 0 aliphatic rings. The van der Waals surface area contributed by atoms with Crippen LogP contribution < -0.4 is 5.63 Å². The van der Waals surface area contributed by atoms with Crippen molar-refractivity contribution in [2.24, 2.45) is 0 Å². The summed E-state index contributed by atoms with van der Waals surface area (Å²) in [6, 6.07) is 12.8. The number of rotatable bonds is 4. The van der Waals surface area contributed by atoms with Gasteiger partial charge in [-0.3, -0.25) is 0 Å².